The number of fused-ring (bicyclic) bond motifs is 1. The number of benzene rings is 2. The Morgan fingerprint density at radius 2 is 1.82 bits per heavy atom. The summed E-state index contributed by atoms with van der Waals surface area (Å²) in [6, 6.07) is 12.6. The molecule has 0 bridgehead atoms. The van der Waals surface area contributed by atoms with Crippen molar-refractivity contribution in [2.45, 2.75) is 19.6 Å². The van der Waals surface area contributed by atoms with E-state index in [1.807, 2.05) is 0 Å². The van der Waals surface area contributed by atoms with E-state index < -0.39 is 30.3 Å². The van der Waals surface area contributed by atoms with Gasteiger partial charge in [0, 0.05) is 6.54 Å². The third kappa shape index (κ3) is 4.61. The van der Waals surface area contributed by atoms with Crippen molar-refractivity contribution in [3.05, 3.63) is 74.9 Å². The molecule has 7 nitrogen and oxygen atoms in total. The second kappa shape index (κ2) is 8.47. The molecule has 2 aromatic carbocycles. The van der Waals surface area contributed by atoms with Crippen molar-refractivity contribution in [1.82, 2.24) is 14.9 Å². The van der Waals surface area contributed by atoms with Crippen LogP contribution in [0.4, 0.5) is 8.78 Å². The number of hydrogen-bond acceptors (Lipinski definition) is 4. The summed E-state index contributed by atoms with van der Waals surface area (Å²) in [5.41, 5.74) is 0.0219. The van der Waals surface area contributed by atoms with Gasteiger partial charge in [-0.05, 0) is 36.2 Å². The average molecular weight is 389 g/mol. The van der Waals surface area contributed by atoms with Crippen LogP contribution in [0.25, 0.3) is 10.9 Å². The van der Waals surface area contributed by atoms with Crippen LogP contribution in [0.5, 0.6) is 5.75 Å². The number of nitrogens with one attached hydrogen (secondary N) is 2. The van der Waals surface area contributed by atoms with Gasteiger partial charge in [0.05, 0.1) is 10.9 Å². The van der Waals surface area contributed by atoms with Crippen molar-refractivity contribution in [1.29, 1.82) is 0 Å². The molecule has 0 aliphatic carbocycles. The third-order valence-corrected chi connectivity index (χ3v) is 4.08. The molecule has 0 radical (unpaired) electrons. The van der Waals surface area contributed by atoms with Crippen molar-refractivity contribution in [3.8, 4) is 5.75 Å². The quantitative estimate of drug-likeness (QED) is 0.643. The molecule has 1 aromatic heterocycles. The van der Waals surface area contributed by atoms with Gasteiger partial charge < -0.3 is 15.0 Å². The zero-order valence-corrected chi connectivity index (χ0v) is 14.7. The lowest BCUT2D eigenvalue weighted by Crippen LogP contribution is -2.41. The molecule has 0 spiro atoms. The number of carbonyl (C=O) groups is 1. The van der Waals surface area contributed by atoms with E-state index in [1.54, 1.807) is 36.4 Å². The summed E-state index contributed by atoms with van der Waals surface area (Å²) in [7, 11) is 0. The molecule has 9 heteroatoms. The highest BCUT2D eigenvalue weighted by Gasteiger charge is 2.11. The van der Waals surface area contributed by atoms with Gasteiger partial charge in [-0.1, -0.05) is 24.3 Å². The van der Waals surface area contributed by atoms with Gasteiger partial charge in [0.1, 0.15) is 12.3 Å². The summed E-state index contributed by atoms with van der Waals surface area (Å²) in [4.78, 5) is 39.1. The highest BCUT2D eigenvalue weighted by atomic mass is 19.3. The maximum atomic E-state index is 12.4. The Morgan fingerprint density at radius 3 is 2.54 bits per heavy atom. The van der Waals surface area contributed by atoms with Crippen molar-refractivity contribution < 1.29 is 18.3 Å². The maximum Gasteiger partial charge on any atom is 0.387 e. The number of halogens is 2. The number of H-pyrrole nitrogens is 1. The number of amides is 1. The lowest BCUT2D eigenvalue weighted by atomic mass is 10.1. The van der Waals surface area contributed by atoms with E-state index in [0.717, 1.165) is 10.1 Å². The van der Waals surface area contributed by atoms with Crippen molar-refractivity contribution >= 4 is 16.8 Å². The van der Waals surface area contributed by atoms with Gasteiger partial charge >= 0.3 is 12.3 Å². The minimum atomic E-state index is -2.88. The van der Waals surface area contributed by atoms with Crippen molar-refractivity contribution in [2.24, 2.45) is 0 Å². The van der Waals surface area contributed by atoms with Crippen molar-refractivity contribution in [2.75, 3.05) is 6.54 Å². The summed E-state index contributed by atoms with van der Waals surface area (Å²) < 4.78 is 29.3. The van der Waals surface area contributed by atoms with Crippen LogP contribution in [0.1, 0.15) is 5.56 Å². The molecule has 2 N–H and O–H groups in total. The largest absolute Gasteiger partial charge is 0.435 e. The number of aromatic amines is 1. The first-order valence-corrected chi connectivity index (χ1v) is 8.46. The first-order valence-electron chi connectivity index (χ1n) is 8.46. The Kier molecular flexibility index (Phi) is 5.83. The normalized spacial score (nSPS) is 11.0. The predicted octanol–water partition coefficient (Wildman–Crippen LogP) is 1.65. The monoisotopic (exact) mass is 389 g/mol. The Labute approximate surface area is 157 Å². The van der Waals surface area contributed by atoms with E-state index in [2.05, 4.69) is 15.0 Å². The molecule has 3 rings (SSSR count). The fourth-order valence-electron chi connectivity index (χ4n) is 2.73. The summed E-state index contributed by atoms with van der Waals surface area (Å²) in [6.07, 6.45) is 0.448. The van der Waals surface area contributed by atoms with Crippen LogP contribution >= 0.6 is 0 Å². The van der Waals surface area contributed by atoms with Gasteiger partial charge in [-0.3, -0.25) is 14.2 Å². The SMILES string of the molecule is O=C(Cn1c(=O)[nH]c2ccccc2c1=O)NCCc1ccc(OC(F)F)cc1. The van der Waals surface area contributed by atoms with Crippen molar-refractivity contribution in [3.63, 3.8) is 0 Å². The van der Waals surface area contributed by atoms with Gasteiger partial charge in [0.2, 0.25) is 5.91 Å². The van der Waals surface area contributed by atoms with Crippen LogP contribution in [0, 0.1) is 0 Å². The number of aromatic nitrogens is 2. The Bertz CT molecular complexity index is 1090. The molecule has 3 aromatic rings. The molecule has 0 fully saturated rings. The molecular weight excluding hydrogens is 372 g/mol. The van der Waals surface area contributed by atoms with E-state index in [4.69, 9.17) is 0 Å². The van der Waals surface area contributed by atoms with E-state index in [0.29, 0.717) is 17.3 Å². The topological polar surface area (TPSA) is 93.2 Å². The van der Waals surface area contributed by atoms with E-state index >= 15 is 0 Å². The number of carbonyl (C=O) groups excluding carboxylic acids is 1. The Balaban J connectivity index is 1.58. The minimum absolute atomic E-state index is 0.0534. The second-order valence-electron chi connectivity index (χ2n) is 5.99. The number of rotatable bonds is 7. The van der Waals surface area contributed by atoms with Crippen LogP contribution in [0.2, 0.25) is 0 Å². The molecule has 146 valence electrons. The zero-order chi connectivity index (χ0) is 20.1. The predicted molar refractivity (Wildman–Crippen MR) is 98.6 cm³/mol. The molecule has 1 amide bonds. The Hall–Kier alpha value is -3.49. The number of para-hydroxylation sites is 1. The molecule has 0 unspecified atom stereocenters. The van der Waals surface area contributed by atoms with Crippen LogP contribution in [-0.2, 0) is 17.8 Å². The zero-order valence-electron chi connectivity index (χ0n) is 14.7. The Morgan fingerprint density at radius 1 is 1.11 bits per heavy atom. The summed E-state index contributed by atoms with van der Waals surface area (Å²) in [5, 5.41) is 2.95. The summed E-state index contributed by atoms with van der Waals surface area (Å²) in [5.74, 6) is -0.432. The maximum absolute atomic E-state index is 12.4. The van der Waals surface area contributed by atoms with Crippen LogP contribution in [-0.4, -0.2) is 28.6 Å². The first-order chi connectivity index (χ1) is 13.4. The van der Waals surface area contributed by atoms with E-state index in [1.165, 1.54) is 12.1 Å². The molecule has 0 aliphatic heterocycles. The molecule has 0 saturated heterocycles. The van der Waals surface area contributed by atoms with Gasteiger partial charge in [0.25, 0.3) is 5.56 Å². The number of hydrogen-bond donors (Lipinski definition) is 2. The molecular formula is C19H17F2N3O4. The van der Waals surface area contributed by atoms with Crippen LogP contribution < -0.4 is 21.3 Å². The number of nitrogens with zero attached hydrogens (tertiary/aromatic N) is 1. The number of ether oxygens (including phenoxy) is 1. The number of alkyl halides is 2. The first kappa shape index (κ1) is 19.3. The molecule has 0 saturated carbocycles. The van der Waals surface area contributed by atoms with Gasteiger partial charge in [-0.2, -0.15) is 8.78 Å². The average Bonchev–Trinajstić information content (AvgIpc) is 2.66. The molecule has 28 heavy (non-hydrogen) atoms. The third-order valence-electron chi connectivity index (χ3n) is 4.08. The molecule has 0 atom stereocenters. The van der Waals surface area contributed by atoms with E-state index in [-0.39, 0.29) is 12.3 Å². The van der Waals surface area contributed by atoms with Gasteiger partial charge in [0.15, 0.2) is 0 Å². The van der Waals surface area contributed by atoms with Crippen LogP contribution in [0.3, 0.4) is 0 Å². The fraction of sp³-hybridized carbons (Fsp3) is 0.211. The highest BCUT2D eigenvalue weighted by molar-refractivity contribution is 5.78. The molecule has 1 heterocycles. The fourth-order valence-corrected chi connectivity index (χ4v) is 2.73. The lowest BCUT2D eigenvalue weighted by molar-refractivity contribution is -0.121. The standard InChI is InChI=1S/C19H17F2N3O4/c20-18(21)28-13-7-5-12(6-8-13)9-10-22-16(25)11-24-17(26)14-3-1-2-4-15(14)23-19(24)27/h1-8,18H,9-11H2,(H,22,25)(H,23,27). The summed E-state index contributed by atoms with van der Waals surface area (Å²) >= 11 is 0. The van der Waals surface area contributed by atoms with Gasteiger partial charge in [-0.25, -0.2) is 4.79 Å². The second-order valence-corrected chi connectivity index (χ2v) is 5.99. The minimum Gasteiger partial charge on any atom is -0.435 e. The van der Waals surface area contributed by atoms with Gasteiger partial charge in [-0.15, -0.1) is 0 Å². The smallest absolute Gasteiger partial charge is 0.387 e. The van der Waals surface area contributed by atoms with E-state index in [9.17, 15) is 23.2 Å². The molecule has 0 aliphatic rings. The highest BCUT2D eigenvalue weighted by Crippen LogP contribution is 2.14. The van der Waals surface area contributed by atoms with Crippen LogP contribution in [0.15, 0.2) is 58.1 Å². The lowest BCUT2D eigenvalue weighted by Gasteiger charge is -2.09. The summed E-state index contributed by atoms with van der Waals surface area (Å²) in [6.45, 7) is -3.03.